The number of hydrogen-bond donors (Lipinski definition) is 2. The molecule has 2 unspecified atom stereocenters. The van der Waals surface area contributed by atoms with Crippen molar-refractivity contribution in [2.75, 3.05) is 19.6 Å². The summed E-state index contributed by atoms with van der Waals surface area (Å²) in [6, 6.07) is 8.23. The van der Waals surface area contributed by atoms with Crippen molar-refractivity contribution >= 4 is 12.0 Å². The molecule has 2 N–H and O–H groups in total. The quantitative estimate of drug-likeness (QED) is 0.899. The van der Waals surface area contributed by atoms with Crippen molar-refractivity contribution in [2.24, 2.45) is 5.41 Å². The highest BCUT2D eigenvalue weighted by atomic mass is 16.4. The molecule has 1 aromatic rings. The van der Waals surface area contributed by atoms with Crippen LogP contribution >= 0.6 is 0 Å². The van der Waals surface area contributed by atoms with Gasteiger partial charge in [-0.15, -0.1) is 0 Å². The van der Waals surface area contributed by atoms with E-state index in [2.05, 4.69) is 23.5 Å². The molecule has 2 atom stereocenters. The molecule has 5 heteroatoms. The van der Waals surface area contributed by atoms with Crippen molar-refractivity contribution in [2.45, 2.75) is 32.1 Å². The number of nitrogens with zero attached hydrogens (tertiary/aromatic N) is 1. The van der Waals surface area contributed by atoms with Crippen molar-refractivity contribution < 1.29 is 14.7 Å². The highest BCUT2D eigenvalue weighted by molar-refractivity contribution is 5.79. The molecule has 1 aliphatic carbocycles. The van der Waals surface area contributed by atoms with E-state index in [1.165, 1.54) is 11.1 Å². The van der Waals surface area contributed by atoms with Gasteiger partial charge in [0, 0.05) is 25.6 Å². The molecular weight excluding hydrogens is 280 g/mol. The molecule has 0 radical (unpaired) electrons. The minimum absolute atomic E-state index is 0.144. The molecule has 0 bridgehead atoms. The van der Waals surface area contributed by atoms with Crippen molar-refractivity contribution in [1.82, 2.24) is 10.2 Å². The predicted octanol–water partition coefficient (Wildman–Crippen LogP) is 2.22. The number of carboxylic acids is 1. The lowest BCUT2D eigenvalue weighted by molar-refractivity contribution is -0.146. The fourth-order valence-corrected chi connectivity index (χ4v) is 3.49. The lowest BCUT2D eigenvalue weighted by atomic mass is 9.90. The first kappa shape index (κ1) is 14.9. The average Bonchev–Trinajstić information content (AvgIpc) is 3.10. The highest BCUT2D eigenvalue weighted by Crippen LogP contribution is 2.33. The van der Waals surface area contributed by atoms with Crippen LogP contribution in [0.2, 0.25) is 0 Å². The maximum atomic E-state index is 12.2. The molecule has 1 aliphatic heterocycles. The average molecular weight is 302 g/mol. The Kier molecular flexibility index (Phi) is 3.81. The monoisotopic (exact) mass is 302 g/mol. The summed E-state index contributed by atoms with van der Waals surface area (Å²) in [5, 5.41) is 12.2. The molecule has 1 heterocycles. The fraction of sp³-hybridized carbons (Fsp3) is 0.529. The second kappa shape index (κ2) is 5.63. The van der Waals surface area contributed by atoms with Gasteiger partial charge in [-0.3, -0.25) is 4.79 Å². The largest absolute Gasteiger partial charge is 0.481 e. The van der Waals surface area contributed by atoms with Crippen molar-refractivity contribution in [3.05, 3.63) is 35.4 Å². The lowest BCUT2D eigenvalue weighted by Gasteiger charge is -2.21. The van der Waals surface area contributed by atoms with Crippen LogP contribution in [0.3, 0.4) is 0 Å². The molecule has 5 nitrogen and oxygen atoms in total. The summed E-state index contributed by atoms with van der Waals surface area (Å²) >= 11 is 0. The van der Waals surface area contributed by atoms with Crippen LogP contribution in [0.25, 0.3) is 0 Å². The Morgan fingerprint density at radius 1 is 1.41 bits per heavy atom. The van der Waals surface area contributed by atoms with E-state index in [1.807, 2.05) is 6.07 Å². The number of carbonyl (C=O) groups excluding carboxylic acids is 1. The Bertz CT molecular complexity index is 601. The highest BCUT2D eigenvalue weighted by Gasteiger charge is 2.42. The number of rotatable bonds is 3. The van der Waals surface area contributed by atoms with Gasteiger partial charge in [-0.25, -0.2) is 4.79 Å². The molecule has 118 valence electrons. The lowest BCUT2D eigenvalue weighted by Crippen LogP contribution is -2.42. The SMILES string of the molecule is CC1(C(=O)O)CCN(C(=O)NCC2CCc3ccccc32)C1. The van der Waals surface area contributed by atoms with Gasteiger partial charge in [0.05, 0.1) is 5.41 Å². The van der Waals surface area contributed by atoms with Gasteiger partial charge in [0.25, 0.3) is 0 Å². The summed E-state index contributed by atoms with van der Waals surface area (Å²) in [4.78, 5) is 25.1. The zero-order chi connectivity index (χ0) is 15.7. The van der Waals surface area contributed by atoms with Crippen molar-refractivity contribution in [3.63, 3.8) is 0 Å². The minimum Gasteiger partial charge on any atom is -0.481 e. The van der Waals surface area contributed by atoms with E-state index < -0.39 is 11.4 Å². The number of fused-ring (bicyclic) bond motifs is 1. The molecule has 0 aromatic heterocycles. The first-order valence-corrected chi connectivity index (χ1v) is 7.83. The molecule has 3 rings (SSSR count). The summed E-state index contributed by atoms with van der Waals surface area (Å²) in [7, 11) is 0. The third kappa shape index (κ3) is 2.67. The van der Waals surface area contributed by atoms with Crippen LogP contribution in [0.1, 0.15) is 36.8 Å². The van der Waals surface area contributed by atoms with Crippen LogP contribution < -0.4 is 5.32 Å². The van der Waals surface area contributed by atoms with E-state index >= 15 is 0 Å². The number of carboxylic acid groups (broad SMARTS) is 1. The second-order valence-corrected chi connectivity index (χ2v) is 6.66. The van der Waals surface area contributed by atoms with E-state index in [0.29, 0.717) is 25.4 Å². The number of carbonyl (C=O) groups is 2. The van der Waals surface area contributed by atoms with Gasteiger partial charge in [-0.2, -0.15) is 0 Å². The Balaban J connectivity index is 1.55. The Labute approximate surface area is 130 Å². The first-order valence-electron chi connectivity index (χ1n) is 7.83. The maximum absolute atomic E-state index is 12.2. The van der Waals surface area contributed by atoms with Crippen LogP contribution in [-0.2, 0) is 11.2 Å². The summed E-state index contributed by atoms with van der Waals surface area (Å²) < 4.78 is 0. The van der Waals surface area contributed by atoms with Crippen LogP contribution in [0, 0.1) is 5.41 Å². The van der Waals surface area contributed by atoms with E-state index in [-0.39, 0.29) is 12.6 Å². The van der Waals surface area contributed by atoms with E-state index in [0.717, 1.165) is 12.8 Å². The number of hydrogen-bond acceptors (Lipinski definition) is 2. The molecule has 2 aliphatic rings. The summed E-state index contributed by atoms with van der Waals surface area (Å²) in [5.74, 6) is -0.457. The van der Waals surface area contributed by atoms with Crippen LogP contribution in [0.4, 0.5) is 4.79 Å². The summed E-state index contributed by atoms with van der Waals surface area (Å²) in [6.45, 7) is 3.12. The Morgan fingerprint density at radius 3 is 2.91 bits per heavy atom. The zero-order valence-electron chi connectivity index (χ0n) is 12.8. The van der Waals surface area contributed by atoms with Gasteiger partial charge in [-0.05, 0) is 37.3 Å². The first-order chi connectivity index (χ1) is 10.5. The second-order valence-electron chi connectivity index (χ2n) is 6.66. The molecule has 1 fully saturated rings. The van der Waals surface area contributed by atoms with Gasteiger partial charge in [0.2, 0.25) is 0 Å². The van der Waals surface area contributed by atoms with Gasteiger partial charge in [-0.1, -0.05) is 24.3 Å². The standard InChI is InChI=1S/C17H22N2O3/c1-17(15(20)21)8-9-19(11-17)16(22)18-10-13-7-6-12-4-2-3-5-14(12)13/h2-5,13H,6-11H2,1H3,(H,18,22)(H,20,21). The number of likely N-dealkylation sites (tertiary alicyclic amines) is 1. The number of nitrogens with one attached hydrogen (secondary N) is 1. The molecule has 0 saturated carbocycles. The molecule has 0 spiro atoms. The minimum atomic E-state index is -0.826. The van der Waals surface area contributed by atoms with E-state index in [1.54, 1.807) is 11.8 Å². The van der Waals surface area contributed by atoms with Crippen LogP contribution in [0.5, 0.6) is 0 Å². The number of urea groups is 1. The van der Waals surface area contributed by atoms with Gasteiger partial charge in [0.1, 0.15) is 0 Å². The van der Waals surface area contributed by atoms with E-state index in [4.69, 9.17) is 0 Å². The zero-order valence-corrected chi connectivity index (χ0v) is 12.8. The number of amides is 2. The van der Waals surface area contributed by atoms with Crippen LogP contribution in [-0.4, -0.2) is 41.6 Å². The molecule has 1 aromatic carbocycles. The number of aryl methyl sites for hydroxylation is 1. The Hall–Kier alpha value is -2.04. The number of benzene rings is 1. The molecule has 2 amide bonds. The number of aliphatic carboxylic acids is 1. The third-order valence-electron chi connectivity index (χ3n) is 5.03. The Morgan fingerprint density at radius 2 is 2.18 bits per heavy atom. The third-order valence-corrected chi connectivity index (χ3v) is 5.03. The van der Waals surface area contributed by atoms with Crippen molar-refractivity contribution in [1.29, 1.82) is 0 Å². The summed E-state index contributed by atoms with van der Waals surface area (Å²) in [5.41, 5.74) is 1.90. The molecule has 1 saturated heterocycles. The molecular formula is C17H22N2O3. The van der Waals surface area contributed by atoms with E-state index in [9.17, 15) is 14.7 Å². The van der Waals surface area contributed by atoms with Gasteiger partial charge < -0.3 is 15.3 Å². The van der Waals surface area contributed by atoms with Crippen LogP contribution in [0.15, 0.2) is 24.3 Å². The fourth-order valence-electron chi connectivity index (χ4n) is 3.49. The smallest absolute Gasteiger partial charge is 0.317 e. The molecule has 22 heavy (non-hydrogen) atoms. The maximum Gasteiger partial charge on any atom is 0.317 e. The van der Waals surface area contributed by atoms with Gasteiger partial charge in [0.15, 0.2) is 0 Å². The van der Waals surface area contributed by atoms with Crippen molar-refractivity contribution in [3.8, 4) is 0 Å². The summed E-state index contributed by atoms with van der Waals surface area (Å²) in [6.07, 6.45) is 2.64. The topological polar surface area (TPSA) is 69.6 Å². The predicted molar refractivity (Wildman–Crippen MR) is 82.8 cm³/mol. The van der Waals surface area contributed by atoms with Gasteiger partial charge >= 0.3 is 12.0 Å². The normalized spacial score (nSPS) is 26.8.